The van der Waals surface area contributed by atoms with E-state index in [-0.39, 0.29) is 30.2 Å². The first kappa shape index (κ1) is 25.7. The average molecular weight is 516 g/mol. The summed E-state index contributed by atoms with van der Waals surface area (Å²) in [5.41, 5.74) is 3.21. The van der Waals surface area contributed by atoms with Crippen molar-refractivity contribution in [3.05, 3.63) is 94.4 Å². The smallest absolute Gasteiger partial charge is 0.338 e. The molecule has 2 amide bonds. The van der Waals surface area contributed by atoms with Gasteiger partial charge in [0.05, 0.1) is 22.8 Å². The number of benzene rings is 3. The molecule has 0 aliphatic carbocycles. The Morgan fingerprint density at radius 3 is 2.43 bits per heavy atom. The summed E-state index contributed by atoms with van der Waals surface area (Å²) in [6.07, 6.45) is 1.64. The molecule has 4 rings (SSSR count). The molecule has 1 saturated heterocycles. The van der Waals surface area contributed by atoms with Crippen LogP contribution in [0.4, 0.5) is 11.4 Å². The fraction of sp³-hybridized carbons (Fsp3) is 0.143. The minimum absolute atomic E-state index is 0.0380. The lowest BCUT2D eigenvalue weighted by Crippen LogP contribution is -2.28. The second kappa shape index (κ2) is 11.6. The van der Waals surface area contributed by atoms with Crippen molar-refractivity contribution in [1.82, 2.24) is 0 Å². The summed E-state index contributed by atoms with van der Waals surface area (Å²) in [5, 5.41) is 11.2. The Bertz CT molecular complexity index is 1370. The summed E-state index contributed by atoms with van der Waals surface area (Å²) >= 11 is 1.02. The zero-order chi connectivity index (χ0) is 26.4. The number of thioether (sulfide) groups is 1. The maximum atomic E-state index is 13.1. The third-order valence-corrected chi connectivity index (χ3v) is 6.25. The molecule has 1 fully saturated rings. The highest BCUT2D eigenvalue weighted by Crippen LogP contribution is 2.36. The van der Waals surface area contributed by atoms with E-state index in [0.717, 1.165) is 17.3 Å². The third-order valence-electron chi connectivity index (χ3n) is 5.36. The molecule has 3 aromatic rings. The molecule has 0 aromatic heterocycles. The summed E-state index contributed by atoms with van der Waals surface area (Å²) in [6, 6.07) is 20.8. The first-order valence-electron chi connectivity index (χ1n) is 11.5. The largest absolute Gasteiger partial charge is 0.483 e. The molecule has 1 heterocycles. The van der Waals surface area contributed by atoms with Crippen molar-refractivity contribution in [3.63, 3.8) is 0 Å². The van der Waals surface area contributed by atoms with Crippen molar-refractivity contribution in [2.75, 3.05) is 23.4 Å². The van der Waals surface area contributed by atoms with Crippen LogP contribution in [-0.4, -0.2) is 36.2 Å². The van der Waals surface area contributed by atoms with E-state index in [4.69, 9.17) is 14.9 Å². The minimum atomic E-state index is -0.448. The molecular weight excluding hydrogens is 490 g/mol. The zero-order valence-electron chi connectivity index (χ0n) is 20.3. The number of nitrogens with one attached hydrogen (secondary N) is 2. The molecule has 9 heteroatoms. The number of amidine groups is 1. The van der Waals surface area contributed by atoms with Gasteiger partial charge in [0, 0.05) is 11.3 Å². The molecule has 0 atom stereocenters. The van der Waals surface area contributed by atoms with Gasteiger partial charge >= 0.3 is 5.97 Å². The lowest BCUT2D eigenvalue weighted by Gasteiger charge is -2.14. The Kier molecular flexibility index (Phi) is 8.05. The number of anilines is 2. The van der Waals surface area contributed by atoms with Gasteiger partial charge in [0.1, 0.15) is 5.75 Å². The first-order valence-corrected chi connectivity index (χ1v) is 12.4. The van der Waals surface area contributed by atoms with Gasteiger partial charge in [-0.3, -0.25) is 19.9 Å². The molecule has 3 aromatic carbocycles. The van der Waals surface area contributed by atoms with Gasteiger partial charge in [-0.15, -0.1) is 0 Å². The van der Waals surface area contributed by atoms with Gasteiger partial charge in [-0.05, 0) is 74.1 Å². The van der Waals surface area contributed by atoms with Crippen LogP contribution < -0.4 is 15.0 Å². The first-order chi connectivity index (χ1) is 17.9. The third kappa shape index (κ3) is 6.25. The predicted octanol–water partition coefficient (Wildman–Crippen LogP) is 5.24. The Balaban J connectivity index is 1.46. The van der Waals surface area contributed by atoms with Crippen molar-refractivity contribution in [2.45, 2.75) is 13.8 Å². The van der Waals surface area contributed by atoms with Gasteiger partial charge in [0.2, 0.25) is 0 Å². The van der Waals surface area contributed by atoms with Gasteiger partial charge in [-0.1, -0.05) is 35.9 Å². The summed E-state index contributed by atoms with van der Waals surface area (Å²) in [5.74, 6) is -0.690. The molecule has 1 aliphatic heterocycles. The van der Waals surface area contributed by atoms with Crippen molar-refractivity contribution in [2.24, 2.45) is 0 Å². The van der Waals surface area contributed by atoms with Crippen LogP contribution >= 0.6 is 11.8 Å². The molecule has 8 nitrogen and oxygen atoms in total. The number of carbonyl (C=O) groups is 3. The van der Waals surface area contributed by atoms with Crippen LogP contribution in [0.25, 0.3) is 6.08 Å². The second-order valence-corrected chi connectivity index (χ2v) is 9.10. The highest BCUT2D eigenvalue weighted by Gasteiger charge is 2.33. The van der Waals surface area contributed by atoms with Crippen LogP contribution in [0.1, 0.15) is 28.4 Å². The van der Waals surface area contributed by atoms with Crippen LogP contribution in [0.3, 0.4) is 0 Å². The molecule has 0 unspecified atom stereocenters. The standard InChI is InChI=1S/C28H25N3O5S/c1-3-35-27(34)19-10-14-22(15-11-19)31-26(33)24(37-28(31)29)16-20-6-4-5-7-23(20)36-17-25(32)30-21-12-8-18(2)9-13-21/h4-16,29H,3,17H2,1-2H3,(H,30,32)/b24-16-,29-28?. The summed E-state index contributed by atoms with van der Waals surface area (Å²) in [7, 11) is 0. The fourth-order valence-electron chi connectivity index (χ4n) is 3.53. The number of aryl methyl sites for hydroxylation is 1. The van der Waals surface area contributed by atoms with Gasteiger partial charge in [-0.25, -0.2) is 4.79 Å². The number of ether oxygens (including phenoxy) is 2. The number of amides is 2. The second-order valence-electron chi connectivity index (χ2n) is 8.06. The number of esters is 1. The normalized spacial score (nSPS) is 14.1. The molecule has 2 N–H and O–H groups in total. The Morgan fingerprint density at radius 1 is 1.03 bits per heavy atom. The molecular formula is C28H25N3O5S. The van der Waals surface area contributed by atoms with Gasteiger partial charge in [0.15, 0.2) is 11.8 Å². The van der Waals surface area contributed by atoms with Crippen LogP contribution in [-0.2, 0) is 14.3 Å². The van der Waals surface area contributed by atoms with Gasteiger partial charge < -0.3 is 14.8 Å². The van der Waals surface area contributed by atoms with Crippen molar-refractivity contribution in [3.8, 4) is 5.75 Å². The van der Waals surface area contributed by atoms with E-state index in [2.05, 4.69) is 5.32 Å². The maximum Gasteiger partial charge on any atom is 0.338 e. The van der Waals surface area contributed by atoms with E-state index in [1.165, 1.54) is 4.90 Å². The quantitative estimate of drug-likeness (QED) is 0.314. The van der Waals surface area contributed by atoms with E-state index >= 15 is 0 Å². The predicted molar refractivity (Wildman–Crippen MR) is 145 cm³/mol. The lowest BCUT2D eigenvalue weighted by atomic mass is 10.1. The molecule has 1 aliphatic rings. The van der Waals surface area contributed by atoms with Crippen molar-refractivity contribution < 1.29 is 23.9 Å². The van der Waals surface area contributed by atoms with E-state index in [1.807, 2.05) is 31.2 Å². The highest BCUT2D eigenvalue weighted by atomic mass is 32.2. The number of hydrogen-bond acceptors (Lipinski definition) is 7. The van der Waals surface area contributed by atoms with E-state index in [9.17, 15) is 14.4 Å². The summed E-state index contributed by atoms with van der Waals surface area (Å²) < 4.78 is 10.7. The van der Waals surface area contributed by atoms with Crippen LogP contribution in [0.5, 0.6) is 5.75 Å². The molecule has 0 saturated carbocycles. The monoisotopic (exact) mass is 515 g/mol. The number of nitrogens with zero attached hydrogens (tertiary/aromatic N) is 1. The molecule has 37 heavy (non-hydrogen) atoms. The summed E-state index contributed by atoms with van der Waals surface area (Å²) in [6.45, 7) is 3.76. The van der Waals surface area contributed by atoms with Crippen LogP contribution in [0, 0.1) is 12.3 Å². The number of hydrogen-bond donors (Lipinski definition) is 2. The van der Waals surface area contributed by atoms with Crippen molar-refractivity contribution in [1.29, 1.82) is 5.41 Å². The van der Waals surface area contributed by atoms with Crippen molar-refractivity contribution >= 4 is 52.2 Å². The minimum Gasteiger partial charge on any atom is -0.483 e. The molecule has 0 radical (unpaired) electrons. The zero-order valence-corrected chi connectivity index (χ0v) is 21.1. The fourth-order valence-corrected chi connectivity index (χ4v) is 4.38. The Hall–Kier alpha value is -4.37. The maximum absolute atomic E-state index is 13.1. The van der Waals surface area contributed by atoms with Crippen LogP contribution in [0.2, 0.25) is 0 Å². The van der Waals surface area contributed by atoms with E-state index < -0.39 is 5.97 Å². The summed E-state index contributed by atoms with van der Waals surface area (Å²) in [4.78, 5) is 39.0. The lowest BCUT2D eigenvalue weighted by molar-refractivity contribution is -0.118. The molecule has 0 bridgehead atoms. The van der Waals surface area contributed by atoms with E-state index in [1.54, 1.807) is 61.5 Å². The Morgan fingerprint density at radius 2 is 1.73 bits per heavy atom. The number of carbonyl (C=O) groups excluding carboxylic acids is 3. The SMILES string of the molecule is CCOC(=O)c1ccc(N2C(=N)S/C(=C\c3ccccc3OCC(=O)Nc3ccc(C)cc3)C2=O)cc1. The van der Waals surface area contributed by atoms with Gasteiger partial charge in [0.25, 0.3) is 11.8 Å². The average Bonchev–Trinajstić information content (AvgIpc) is 3.17. The Labute approximate surface area is 218 Å². The molecule has 0 spiro atoms. The van der Waals surface area contributed by atoms with Crippen LogP contribution in [0.15, 0.2) is 77.7 Å². The molecule has 188 valence electrons. The number of rotatable bonds is 8. The topological polar surface area (TPSA) is 109 Å². The highest BCUT2D eigenvalue weighted by molar-refractivity contribution is 8.19. The number of para-hydroxylation sites is 1. The van der Waals surface area contributed by atoms with E-state index in [0.29, 0.717) is 33.2 Å². The van der Waals surface area contributed by atoms with Gasteiger partial charge in [-0.2, -0.15) is 0 Å².